The zero-order valence-electron chi connectivity index (χ0n) is 19.0. The Kier molecular flexibility index (Phi) is 5.55. The van der Waals surface area contributed by atoms with Gasteiger partial charge in [0.25, 0.3) is 10.0 Å². The molecule has 0 fully saturated rings. The van der Waals surface area contributed by atoms with Crippen LogP contribution in [0, 0.1) is 0 Å². The maximum Gasteiger partial charge on any atom is 0.416 e. The highest BCUT2D eigenvalue weighted by molar-refractivity contribution is 7.92. The van der Waals surface area contributed by atoms with E-state index in [9.17, 15) is 21.6 Å². The number of halogens is 3. The van der Waals surface area contributed by atoms with Crippen LogP contribution in [0.4, 0.5) is 19.1 Å². The van der Waals surface area contributed by atoms with E-state index in [0.29, 0.717) is 33.3 Å². The minimum atomic E-state index is -4.51. The van der Waals surface area contributed by atoms with Crippen LogP contribution in [0.5, 0.6) is 0 Å². The molecule has 8 nitrogen and oxygen atoms in total. The first kappa shape index (κ1) is 23.5. The van der Waals surface area contributed by atoms with Crippen molar-refractivity contribution in [2.75, 3.05) is 4.72 Å². The standard InChI is InChI=1S/C24H19F3N6O2S/c1-32-14-20(17-6-4-15(24(25,26)27)12-19(17)21-8-11-30-33(21)2)18-7-5-16(13-22(18)32)36(34,35)31-23-28-9-3-10-29-23/h3-14H,1-2H3,(H,28,29,31). The van der Waals surface area contributed by atoms with E-state index in [1.807, 2.05) is 0 Å². The fourth-order valence-corrected chi connectivity index (χ4v) is 5.06. The van der Waals surface area contributed by atoms with Gasteiger partial charge in [0, 0.05) is 60.9 Å². The van der Waals surface area contributed by atoms with Gasteiger partial charge in [-0.05, 0) is 42.0 Å². The number of anilines is 1. The predicted octanol–water partition coefficient (Wildman–Crippen LogP) is 4.86. The molecule has 0 aliphatic carbocycles. The minimum absolute atomic E-state index is 0.00511. The van der Waals surface area contributed by atoms with Crippen molar-refractivity contribution in [3.05, 3.63) is 78.9 Å². The second-order valence-corrected chi connectivity index (χ2v) is 9.79. The van der Waals surface area contributed by atoms with Gasteiger partial charge >= 0.3 is 6.18 Å². The van der Waals surface area contributed by atoms with Crippen LogP contribution in [0.15, 0.2) is 78.2 Å². The summed E-state index contributed by atoms with van der Waals surface area (Å²) in [5.41, 5.74) is 1.89. The first-order valence-corrected chi connectivity index (χ1v) is 12.1. The maximum absolute atomic E-state index is 13.5. The van der Waals surface area contributed by atoms with E-state index < -0.39 is 21.8 Å². The summed E-state index contributed by atoms with van der Waals surface area (Å²) in [6.45, 7) is 0. The number of sulfonamides is 1. The van der Waals surface area contributed by atoms with Crippen LogP contribution < -0.4 is 4.72 Å². The van der Waals surface area contributed by atoms with Gasteiger partial charge in [0.2, 0.25) is 5.95 Å². The molecule has 0 bridgehead atoms. The van der Waals surface area contributed by atoms with E-state index in [0.717, 1.165) is 12.1 Å². The van der Waals surface area contributed by atoms with E-state index in [1.54, 1.807) is 43.1 Å². The van der Waals surface area contributed by atoms with Gasteiger partial charge in [-0.15, -0.1) is 0 Å². The summed E-state index contributed by atoms with van der Waals surface area (Å²) in [5, 5.41) is 4.78. The quantitative estimate of drug-likeness (QED) is 0.363. The van der Waals surface area contributed by atoms with Crippen molar-refractivity contribution in [2.45, 2.75) is 11.1 Å². The number of nitrogens with one attached hydrogen (secondary N) is 1. The van der Waals surface area contributed by atoms with Crippen molar-refractivity contribution in [1.29, 1.82) is 0 Å². The van der Waals surface area contributed by atoms with Crippen molar-refractivity contribution < 1.29 is 21.6 Å². The molecular weight excluding hydrogens is 493 g/mol. The number of aryl methyl sites for hydroxylation is 2. The van der Waals surface area contributed by atoms with Gasteiger partial charge in [0.15, 0.2) is 0 Å². The summed E-state index contributed by atoms with van der Waals surface area (Å²) in [6, 6.07) is 11.4. The summed E-state index contributed by atoms with van der Waals surface area (Å²) < 4.78 is 71.9. The topological polar surface area (TPSA) is 94.7 Å². The molecule has 0 radical (unpaired) electrons. The normalized spacial score (nSPS) is 12.2. The van der Waals surface area contributed by atoms with Gasteiger partial charge in [-0.25, -0.2) is 23.1 Å². The molecule has 184 valence electrons. The number of rotatable bonds is 5. The van der Waals surface area contributed by atoms with Crippen LogP contribution in [0.3, 0.4) is 0 Å². The SMILES string of the molecule is Cn1nccc1-c1cc(C(F)(F)F)ccc1-c1cn(C)c2cc(S(=O)(=O)Nc3ncccn3)ccc12. The summed E-state index contributed by atoms with van der Waals surface area (Å²) in [4.78, 5) is 7.76. The van der Waals surface area contributed by atoms with E-state index in [-0.39, 0.29) is 10.8 Å². The predicted molar refractivity (Wildman–Crippen MR) is 128 cm³/mol. The van der Waals surface area contributed by atoms with E-state index >= 15 is 0 Å². The molecule has 3 aromatic heterocycles. The molecule has 0 atom stereocenters. The molecule has 36 heavy (non-hydrogen) atoms. The van der Waals surface area contributed by atoms with Gasteiger partial charge in [-0.3, -0.25) is 4.68 Å². The van der Waals surface area contributed by atoms with Crippen LogP contribution in [0.25, 0.3) is 33.3 Å². The first-order chi connectivity index (χ1) is 17.0. The molecule has 0 amide bonds. The Morgan fingerprint density at radius 1 is 0.889 bits per heavy atom. The number of hydrogen-bond donors (Lipinski definition) is 1. The molecular formula is C24H19F3N6O2S. The van der Waals surface area contributed by atoms with Crippen molar-refractivity contribution in [1.82, 2.24) is 24.3 Å². The van der Waals surface area contributed by atoms with Gasteiger partial charge in [0.1, 0.15) is 0 Å². The first-order valence-electron chi connectivity index (χ1n) is 10.6. The molecule has 5 rings (SSSR count). The molecule has 0 saturated heterocycles. The van der Waals surface area contributed by atoms with Gasteiger partial charge in [-0.2, -0.15) is 18.3 Å². The number of hydrogen-bond acceptors (Lipinski definition) is 5. The Morgan fingerprint density at radius 2 is 1.64 bits per heavy atom. The summed E-state index contributed by atoms with van der Waals surface area (Å²) in [6.07, 6.45) is 1.60. The third-order valence-electron chi connectivity index (χ3n) is 5.80. The number of aromatic nitrogens is 5. The van der Waals surface area contributed by atoms with Crippen LogP contribution in [0.1, 0.15) is 5.56 Å². The highest BCUT2D eigenvalue weighted by Gasteiger charge is 2.32. The smallest absolute Gasteiger partial charge is 0.350 e. The van der Waals surface area contributed by atoms with Gasteiger partial charge in [-0.1, -0.05) is 12.1 Å². The molecule has 12 heteroatoms. The molecule has 0 spiro atoms. The Balaban J connectivity index is 1.65. The molecule has 2 aromatic carbocycles. The lowest BCUT2D eigenvalue weighted by molar-refractivity contribution is -0.137. The third kappa shape index (κ3) is 4.19. The van der Waals surface area contributed by atoms with Crippen molar-refractivity contribution in [3.63, 3.8) is 0 Å². The maximum atomic E-state index is 13.5. The van der Waals surface area contributed by atoms with Crippen LogP contribution in [-0.4, -0.2) is 32.7 Å². The summed E-state index contributed by atoms with van der Waals surface area (Å²) in [7, 11) is -0.577. The lowest BCUT2D eigenvalue weighted by atomic mass is 9.95. The number of nitrogens with zero attached hydrogens (tertiary/aromatic N) is 5. The zero-order chi connectivity index (χ0) is 25.7. The molecule has 3 heterocycles. The minimum Gasteiger partial charge on any atom is -0.350 e. The Hall–Kier alpha value is -4.19. The van der Waals surface area contributed by atoms with Crippen LogP contribution in [-0.2, 0) is 30.3 Å². The van der Waals surface area contributed by atoms with E-state index in [4.69, 9.17) is 0 Å². The lowest BCUT2D eigenvalue weighted by Crippen LogP contribution is -2.14. The second kappa shape index (κ2) is 8.48. The third-order valence-corrected chi connectivity index (χ3v) is 7.12. The second-order valence-electron chi connectivity index (χ2n) is 8.11. The van der Waals surface area contributed by atoms with Crippen molar-refractivity contribution in [3.8, 4) is 22.4 Å². The van der Waals surface area contributed by atoms with Crippen LogP contribution >= 0.6 is 0 Å². The Labute approximate surface area is 204 Å². The van der Waals surface area contributed by atoms with Gasteiger partial charge in [0.05, 0.1) is 16.2 Å². The van der Waals surface area contributed by atoms with Gasteiger partial charge < -0.3 is 4.57 Å². The molecule has 0 aliphatic rings. The Morgan fingerprint density at radius 3 is 2.31 bits per heavy atom. The average molecular weight is 513 g/mol. The molecule has 0 aliphatic heterocycles. The average Bonchev–Trinajstić information content (AvgIpc) is 3.41. The van der Waals surface area contributed by atoms with E-state index in [2.05, 4.69) is 19.8 Å². The van der Waals surface area contributed by atoms with Crippen LogP contribution in [0.2, 0.25) is 0 Å². The fraction of sp³-hybridized carbons (Fsp3) is 0.125. The summed E-state index contributed by atoms with van der Waals surface area (Å²) >= 11 is 0. The zero-order valence-corrected chi connectivity index (χ0v) is 19.8. The molecule has 0 saturated carbocycles. The van der Waals surface area contributed by atoms with Crippen molar-refractivity contribution in [2.24, 2.45) is 14.1 Å². The molecule has 5 aromatic rings. The highest BCUT2D eigenvalue weighted by Crippen LogP contribution is 2.41. The number of fused-ring (bicyclic) bond motifs is 1. The highest BCUT2D eigenvalue weighted by atomic mass is 32.2. The molecule has 0 unspecified atom stereocenters. The Bertz CT molecular complexity index is 1690. The molecule has 1 N–H and O–H groups in total. The summed E-state index contributed by atoms with van der Waals surface area (Å²) in [5.74, 6) is -0.0595. The monoisotopic (exact) mass is 512 g/mol. The van der Waals surface area contributed by atoms with E-state index in [1.165, 1.54) is 41.5 Å². The number of benzene rings is 2. The largest absolute Gasteiger partial charge is 0.416 e. The fourth-order valence-electron chi connectivity index (χ4n) is 4.08. The van der Waals surface area contributed by atoms with Crippen molar-refractivity contribution >= 4 is 26.9 Å². The lowest BCUT2D eigenvalue weighted by Gasteiger charge is -2.14. The number of alkyl halides is 3.